The number of pyridine rings is 1. The molecular formula is C24H16BrF3N2. The van der Waals surface area contributed by atoms with E-state index in [1.165, 1.54) is 6.07 Å². The molecule has 4 aromatic rings. The Morgan fingerprint density at radius 2 is 1.33 bits per heavy atom. The van der Waals surface area contributed by atoms with E-state index in [4.69, 9.17) is 0 Å². The van der Waals surface area contributed by atoms with Crippen LogP contribution in [0.5, 0.6) is 0 Å². The third-order valence-corrected chi connectivity index (χ3v) is 5.07. The number of rotatable bonds is 4. The lowest BCUT2D eigenvalue weighted by Gasteiger charge is -2.20. The molecule has 0 spiro atoms. The molecular weight excluding hydrogens is 453 g/mol. The van der Waals surface area contributed by atoms with Gasteiger partial charge in [-0.05, 0) is 30.3 Å². The monoisotopic (exact) mass is 468 g/mol. The highest BCUT2D eigenvalue weighted by Gasteiger charge is 2.38. The van der Waals surface area contributed by atoms with Gasteiger partial charge >= 0.3 is 6.18 Å². The SMILES string of the molecule is FC(F)(F)c1c(Nc2ccccc2)cc(-c2ccc(Br)cc2)nc1-c1ccccc1. The van der Waals surface area contributed by atoms with E-state index >= 15 is 0 Å². The lowest BCUT2D eigenvalue weighted by atomic mass is 10.0. The summed E-state index contributed by atoms with van der Waals surface area (Å²) in [5, 5.41) is 2.94. The van der Waals surface area contributed by atoms with Crippen molar-refractivity contribution in [2.24, 2.45) is 0 Å². The molecule has 0 aliphatic rings. The fourth-order valence-corrected chi connectivity index (χ4v) is 3.45. The van der Waals surface area contributed by atoms with Crippen LogP contribution < -0.4 is 5.32 Å². The molecule has 0 saturated carbocycles. The molecule has 4 rings (SSSR count). The summed E-state index contributed by atoms with van der Waals surface area (Å²) in [6.07, 6.45) is -4.59. The smallest absolute Gasteiger partial charge is 0.355 e. The summed E-state index contributed by atoms with van der Waals surface area (Å²) in [5.74, 6) is 0. The maximum Gasteiger partial charge on any atom is 0.420 e. The first-order valence-corrected chi connectivity index (χ1v) is 9.97. The van der Waals surface area contributed by atoms with E-state index in [1.54, 1.807) is 54.6 Å². The zero-order valence-electron chi connectivity index (χ0n) is 15.6. The Morgan fingerprint density at radius 3 is 1.93 bits per heavy atom. The number of nitrogens with zero attached hydrogens (tertiary/aromatic N) is 1. The Kier molecular flexibility index (Phi) is 5.59. The first-order valence-electron chi connectivity index (χ1n) is 9.17. The number of benzene rings is 3. The molecule has 2 nitrogen and oxygen atoms in total. The summed E-state index contributed by atoms with van der Waals surface area (Å²) >= 11 is 3.38. The Bertz CT molecular complexity index is 1140. The van der Waals surface area contributed by atoms with Crippen LogP contribution in [0.1, 0.15) is 5.56 Å². The van der Waals surface area contributed by atoms with Crippen LogP contribution in [0, 0.1) is 0 Å². The van der Waals surface area contributed by atoms with Crippen molar-refractivity contribution in [1.82, 2.24) is 4.98 Å². The van der Waals surface area contributed by atoms with Gasteiger partial charge in [-0.15, -0.1) is 0 Å². The zero-order chi connectivity index (χ0) is 21.1. The Labute approximate surface area is 180 Å². The van der Waals surface area contributed by atoms with Crippen LogP contribution in [0.25, 0.3) is 22.5 Å². The fraction of sp³-hybridized carbons (Fsp3) is 0.0417. The maximum absolute atomic E-state index is 14.2. The molecule has 0 amide bonds. The number of hydrogen-bond donors (Lipinski definition) is 1. The fourth-order valence-electron chi connectivity index (χ4n) is 3.18. The van der Waals surface area contributed by atoms with Gasteiger partial charge < -0.3 is 5.32 Å². The average Bonchev–Trinajstić information content (AvgIpc) is 2.74. The van der Waals surface area contributed by atoms with Gasteiger partial charge in [0.25, 0.3) is 0 Å². The lowest BCUT2D eigenvalue weighted by Crippen LogP contribution is -2.13. The molecule has 0 fully saturated rings. The third kappa shape index (κ3) is 4.39. The molecule has 150 valence electrons. The van der Waals surface area contributed by atoms with Crippen molar-refractivity contribution >= 4 is 27.3 Å². The van der Waals surface area contributed by atoms with Crippen LogP contribution in [0.3, 0.4) is 0 Å². The van der Waals surface area contributed by atoms with Gasteiger partial charge in [-0.2, -0.15) is 13.2 Å². The Morgan fingerprint density at radius 1 is 0.733 bits per heavy atom. The van der Waals surface area contributed by atoms with Crippen LogP contribution in [0.4, 0.5) is 24.5 Å². The van der Waals surface area contributed by atoms with Crippen LogP contribution in [-0.4, -0.2) is 4.98 Å². The predicted octanol–water partition coefficient (Wildman–Crippen LogP) is 7.94. The van der Waals surface area contributed by atoms with Crippen molar-refractivity contribution in [2.45, 2.75) is 6.18 Å². The van der Waals surface area contributed by atoms with Crippen LogP contribution in [0.15, 0.2) is 95.5 Å². The van der Waals surface area contributed by atoms with E-state index in [1.807, 2.05) is 30.3 Å². The molecule has 0 saturated heterocycles. The summed E-state index contributed by atoms with van der Waals surface area (Å²) in [6, 6.07) is 26.0. The van der Waals surface area contributed by atoms with Gasteiger partial charge in [0.05, 0.1) is 17.1 Å². The molecule has 6 heteroatoms. The summed E-state index contributed by atoms with van der Waals surface area (Å²) in [5.41, 5.74) is 1.20. The first-order chi connectivity index (χ1) is 14.4. The number of alkyl halides is 3. The summed E-state index contributed by atoms with van der Waals surface area (Å²) in [4.78, 5) is 4.44. The quantitative estimate of drug-likeness (QED) is 0.328. The standard InChI is InChI=1S/C24H16BrF3N2/c25-18-13-11-16(12-14-18)20-15-21(29-19-9-5-2-6-10-19)22(24(26,27)28)23(30-20)17-7-3-1-4-8-17/h1-15H,(H,29,30). The molecule has 1 heterocycles. The molecule has 0 bridgehead atoms. The second kappa shape index (κ2) is 8.32. The lowest BCUT2D eigenvalue weighted by molar-refractivity contribution is -0.136. The van der Waals surface area contributed by atoms with E-state index in [0.29, 0.717) is 16.9 Å². The highest BCUT2D eigenvalue weighted by atomic mass is 79.9. The number of hydrogen-bond acceptors (Lipinski definition) is 2. The molecule has 30 heavy (non-hydrogen) atoms. The number of nitrogens with one attached hydrogen (secondary N) is 1. The van der Waals surface area contributed by atoms with E-state index in [2.05, 4.69) is 26.2 Å². The highest BCUT2D eigenvalue weighted by molar-refractivity contribution is 9.10. The largest absolute Gasteiger partial charge is 0.420 e. The summed E-state index contributed by atoms with van der Waals surface area (Å²) in [7, 11) is 0. The van der Waals surface area contributed by atoms with Crippen molar-refractivity contribution in [3.8, 4) is 22.5 Å². The number of para-hydroxylation sites is 1. The van der Waals surface area contributed by atoms with Crippen molar-refractivity contribution in [2.75, 3.05) is 5.32 Å². The van der Waals surface area contributed by atoms with Gasteiger partial charge in [-0.25, -0.2) is 4.98 Å². The van der Waals surface area contributed by atoms with E-state index in [0.717, 1.165) is 10.0 Å². The van der Waals surface area contributed by atoms with E-state index in [9.17, 15) is 13.2 Å². The third-order valence-electron chi connectivity index (χ3n) is 4.54. The molecule has 0 unspecified atom stereocenters. The number of aromatic nitrogens is 1. The van der Waals surface area contributed by atoms with E-state index in [-0.39, 0.29) is 11.4 Å². The van der Waals surface area contributed by atoms with Crippen molar-refractivity contribution in [1.29, 1.82) is 0 Å². The molecule has 0 aliphatic carbocycles. The zero-order valence-corrected chi connectivity index (χ0v) is 17.2. The predicted molar refractivity (Wildman–Crippen MR) is 118 cm³/mol. The van der Waals surface area contributed by atoms with Gasteiger partial charge in [-0.1, -0.05) is 76.6 Å². The average molecular weight is 469 g/mol. The highest BCUT2D eigenvalue weighted by Crippen LogP contribution is 2.43. The van der Waals surface area contributed by atoms with E-state index < -0.39 is 11.7 Å². The molecule has 0 aliphatic heterocycles. The van der Waals surface area contributed by atoms with Crippen LogP contribution in [-0.2, 0) is 6.18 Å². The summed E-state index contributed by atoms with van der Waals surface area (Å²) in [6.45, 7) is 0. The normalized spacial score (nSPS) is 11.3. The summed E-state index contributed by atoms with van der Waals surface area (Å²) < 4.78 is 43.5. The Balaban J connectivity index is 1.98. The molecule has 3 aromatic carbocycles. The van der Waals surface area contributed by atoms with Crippen molar-refractivity contribution < 1.29 is 13.2 Å². The minimum absolute atomic E-state index is 0.0412. The molecule has 1 N–H and O–H groups in total. The molecule has 1 aromatic heterocycles. The molecule has 0 atom stereocenters. The van der Waals surface area contributed by atoms with Crippen molar-refractivity contribution in [3.05, 3.63) is 101 Å². The number of halogens is 4. The van der Waals surface area contributed by atoms with Gasteiger partial charge in [-0.3, -0.25) is 0 Å². The number of anilines is 2. The Hall–Kier alpha value is -3.12. The topological polar surface area (TPSA) is 24.9 Å². The van der Waals surface area contributed by atoms with Crippen LogP contribution >= 0.6 is 15.9 Å². The maximum atomic E-state index is 14.2. The van der Waals surface area contributed by atoms with Gasteiger partial charge in [0.2, 0.25) is 0 Å². The van der Waals surface area contributed by atoms with Gasteiger partial charge in [0.15, 0.2) is 0 Å². The minimum Gasteiger partial charge on any atom is -0.355 e. The van der Waals surface area contributed by atoms with Crippen LogP contribution in [0.2, 0.25) is 0 Å². The first kappa shape index (κ1) is 20.2. The molecule has 0 radical (unpaired) electrons. The van der Waals surface area contributed by atoms with Crippen molar-refractivity contribution in [3.63, 3.8) is 0 Å². The second-order valence-electron chi connectivity index (χ2n) is 6.64. The second-order valence-corrected chi connectivity index (χ2v) is 7.56. The van der Waals surface area contributed by atoms with Gasteiger partial charge in [0.1, 0.15) is 5.56 Å². The minimum atomic E-state index is -4.59. The van der Waals surface area contributed by atoms with Gasteiger partial charge in [0, 0.05) is 21.3 Å².